The van der Waals surface area contributed by atoms with Gasteiger partial charge in [0.05, 0.1) is 9.79 Å². The maximum Gasteiger partial charge on any atom is 0.206 e. The minimum Gasteiger partial charge on any atom is -0.457 e. The third-order valence-corrected chi connectivity index (χ3v) is 7.03. The molecular weight excluding hydrogens is 420 g/mol. The molecule has 0 fully saturated rings. The van der Waals surface area contributed by atoms with Crippen LogP contribution in [0.5, 0.6) is 17.2 Å². The smallest absolute Gasteiger partial charge is 0.206 e. The highest BCUT2D eigenvalue weighted by atomic mass is 32.2. The zero-order valence-electron chi connectivity index (χ0n) is 17.8. The number of benzene rings is 3. The van der Waals surface area contributed by atoms with Crippen LogP contribution in [-0.2, 0) is 14.9 Å². The maximum absolute atomic E-state index is 12.7. The number of hydrogen-bond acceptors (Lipinski definition) is 3. The molecule has 160 valence electrons. The van der Waals surface area contributed by atoms with Gasteiger partial charge in [-0.05, 0) is 104 Å². The fraction of sp³-hybridized carbons (Fsp3) is 0.111. The van der Waals surface area contributed by atoms with E-state index in [-0.39, 0.29) is 15.5 Å². The molecule has 1 aliphatic carbocycles. The van der Waals surface area contributed by atoms with Crippen LogP contribution in [0.4, 0.5) is 0 Å². The third kappa shape index (κ3) is 4.68. The summed E-state index contributed by atoms with van der Waals surface area (Å²) >= 11 is 0. The molecule has 3 aromatic carbocycles. The molecule has 4 rings (SSSR count). The van der Waals surface area contributed by atoms with Crippen molar-refractivity contribution in [3.63, 3.8) is 0 Å². The van der Waals surface area contributed by atoms with Crippen LogP contribution in [0.15, 0.2) is 106 Å². The normalized spacial score (nSPS) is 13.6. The molecule has 3 aromatic rings. The van der Waals surface area contributed by atoms with Gasteiger partial charge in [0.25, 0.3) is 0 Å². The predicted molar refractivity (Wildman–Crippen MR) is 124 cm³/mol. The largest absolute Gasteiger partial charge is 0.457 e. The van der Waals surface area contributed by atoms with Crippen molar-refractivity contribution in [3.05, 3.63) is 108 Å². The highest BCUT2D eigenvalue weighted by molar-refractivity contribution is 7.91. The van der Waals surface area contributed by atoms with E-state index in [0.29, 0.717) is 11.5 Å². The van der Waals surface area contributed by atoms with Crippen molar-refractivity contribution in [1.29, 1.82) is 0 Å². The lowest BCUT2D eigenvalue weighted by atomic mass is 9.92. The molecule has 0 bridgehead atoms. The van der Waals surface area contributed by atoms with E-state index < -0.39 is 9.84 Å². The number of hydrogen-bond donors (Lipinski definition) is 0. The van der Waals surface area contributed by atoms with Crippen LogP contribution in [0.1, 0.15) is 25.8 Å². The second-order valence-corrected chi connectivity index (χ2v) is 9.68. The Bertz CT molecular complexity index is 1310. The minimum atomic E-state index is -3.69. The quantitative estimate of drug-likeness (QED) is 0.430. The maximum atomic E-state index is 12.7. The molecule has 0 saturated carbocycles. The summed E-state index contributed by atoms with van der Waals surface area (Å²) in [5.74, 6) is 0.967. The summed E-state index contributed by atoms with van der Waals surface area (Å²) in [4.78, 5) is 0.227. The van der Waals surface area contributed by atoms with Crippen molar-refractivity contribution in [2.75, 3.05) is 0 Å². The molecule has 0 N–H and O–H groups in total. The van der Waals surface area contributed by atoms with Gasteiger partial charge in [0.1, 0.15) is 11.5 Å². The molecule has 0 heterocycles. The van der Waals surface area contributed by atoms with Gasteiger partial charge >= 0.3 is 0 Å². The Morgan fingerprint density at radius 1 is 0.812 bits per heavy atom. The van der Waals surface area contributed by atoms with E-state index in [1.807, 2.05) is 30.3 Å². The SMILES string of the molecule is CC(C)=C1[C]=CC=C(c2ccc(Oc3ccc(S(=O)(=O)c4ccc([O])cc4)cc3)cc2)C1. The second-order valence-electron chi connectivity index (χ2n) is 7.73. The first-order valence-corrected chi connectivity index (χ1v) is 11.7. The molecule has 0 atom stereocenters. The zero-order valence-corrected chi connectivity index (χ0v) is 18.6. The molecule has 5 heteroatoms. The van der Waals surface area contributed by atoms with Crippen molar-refractivity contribution in [1.82, 2.24) is 0 Å². The molecular formula is C27H22O4S. The van der Waals surface area contributed by atoms with Crippen LogP contribution in [0.2, 0.25) is 0 Å². The van der Waals surface area contributed by atoms with E-state index in [2.05, 4.69) is 26.0 Å². The molecule has 2 radical (unpaired) electrons. The Morgan fingerprint density at radius 3 is 1.91 bits per heavy atom. The van der Waals surface area contributed by atoms with Crippen LogP contribution in [0.25, 0.3) is 5.57 Å². The number of rotatable bonds is 5. The van der Waals surface area contributed by atoms with Gasteiger partial charge in [0.2, 0.25) is 9.84 Å². The summed E-state index contributed by atoms with van der Waals surface area (Å²) in [6.45, 7) is 4.18. The van der Waals surface area contributed by atoms with Crippen molar-refractivity contribution < 1.29 is 18.3 Å². The first-order valence-electron chi connectivity index (χ1n) is 10.2. The van der Waals surface area contributed by atoms with E-state index in [1.54, 1.807) is 12.1 Å². The first-order chi connectivity index (χ1) is 15.3. The number of allylic oxidation sites excluding steroid dienone is 6. The zero-order chi connectivity index (χ0) is 22.7. The highest BCUT2D eigenvalue weighted by Gasteiger charge is 2.18. The molecule has 4 nitrogen and oxygen atoms in total. The van der Waals surface area contributed by atoms with Crippen LogP contribution < -0.4 is 4.74 Å². The average molecular weight is 443 g/mol. The van der Waals surface area contributed by atoms with Gasteiger partial charge < -0.3 is 4.74 Å². The van der Waals surface area contributed by atoms with Gasteiger partial charge in [-0.25, -0.2) is 8.42 Å². The summed E-state index contributed by atoms with van der Waals surface area (Å²) in [5.41, 5.74) is 4.83. The molecule has 0 saturated heterocycles. The van der Waals surface area contributed by atoms with Crippen molar-refractivity contribution in [2.45, 2.75) is 30.1 Å². The summed E-state index contributed by atoms with van der Waals surface area (Å²) < 4.78 is 31.3. The Hall–Kier alpha value is -3.57. The number of ether oxygens (including phenoxy) is 1. The van der Waals surface area contributed by atoms with E-state index in [9.17, 15) is 13.5 Å². The first kappa shape index (κ1) is 21.7. The monoisotopic (exact) mass is 442 g/mol. The van der Waals surface area contributed by atoms with Crippen molar-refractivity contribution >= 4 is 15.4 Å². The molecule has 32 heavy (non-hydrogen) atoms. The lowest BCUT2D eigenvalue weighted by Crippen LogP contribution is -2.01. The summed E-state index contributed by atoms with van der Waals surface area (Å²) in [5, 5.41) is 11.2. The molecule has 0 spiro atoms. The Kier molecular flexibility index (Phi) is 6.01. The van der Waals surface area contributed by atoms with Gasteiger partial charge in [0.15, 0.2) is 5.75 Å². The van der Waals surface area contributed by atoms with Crippen LogP contribution in [0.3, 0.4) is 0 Å². The average Bonchev–Trinajstić information content (AvgIpc) is 2.80. The van der Waals surface area contributed by atoms with E-state index >= 15 is 0 Å². The third-order valence-electron chi connectivity index (χ3n) is 5.24. The number of sulfone groups is 1. The van der Waals surface area contributed by atoms with E-state index in [1.165, 1.54) is 53.1 Å². The Labute approximate surface area is 188 Å². The minimum absolute atomic E-state index is 0.0853. The van der Waals surface area contributed by atoms with Gasteiger partial charge in [-0.3, -0.25) is 5.11 Å². The highest BCUT2D eigenvalue weighted by Crippen LogP contribution is 2.31. The fourth-order valence-corrected chi connectivity index (χ4v) is 4.64. The van der Waals surface area contributed by atoms with Gasteiger partial charge in [-0.1, -0.05) is 29.9 Å². The van der Waals surface area contributed by atoms with Crippen LogP contribution >= 0.6 is 0 Å². The molecule has 0 unspecified atom stereocenters. The molecule has 0 aromatic heterocycles. The standard InChI is InChI=1S/C27H22O4S/c1-19(2)21-4-3-5-22(18-21)20-6-10-24(11-7-20)31-25-12-16-27(17-13-25)32(29,30)26-14-8-23(28)9-15-26/h3,5-17H,18H2,1-2H3. The van der Waals surface area contributed by atoms with Crippen LogP contribution in [-0.4, -0.2) is 8.42 Å². The predicted octanol–water partition coefficient (Wildman–Crippen LogP) is 6.94. The van der Waals surface area contributed by atoms with Gasteiger partial charge in [-0.15, -0.1) is 0 Å². The lowest BCUT2D eigenvalue weighted by molar-refractivity contribution is 0.354. The lowest BCUT2D eigenvalue weighted by Gasteiger charge is -2.14. The van der Waals surface area contributed by atoms with E-state index in [0.717, 1.165) is 12.0 Å². The van der Waals surface area contributed by atoms with Gasteiger partial charge in [-0.2, -0.15) is 0 Å². The van der Waals surface area contributed by atoms with Crippen LogP contribution in [0, 0.1) is 6.08 Å². The Balaban J connectivity index is 1.47. The fourth-order valence-electron chi connectivity index (χ4n) is 3.38. The topological polar surface area (TPSA) is 63.3 Å². The van der Waals surface area contributed by atoms with E-state index in [4.69, 9.17) is 4.74 Å². The van der Waals surface area contributed by atoms with Gasteiger partial charge in [0, 0.05) is 0 Å². The Morgan fingerprint density at radius 2 is 1.34 bits per heavy atom. The molecule has 0 aliphatic heterocycles. The summed E-state index contributed by atoms with van der Waals surface area (Å²) in [6.07, 6.45) is 8.17. The summed E-state index contributed by atoms with van der Waals surface area (Å²) in [7, 11) is -3.69. The molecule has 0 amide bonds. The van der Waals surface area contributed by atoms with Crippen molar-refractivity contribution in [3.8, 4) is 17.2 Å². The van der Waals surface area contributed by atoms with Crippen molar-refractivity contribution in [2.24, 2.45) is 0 Å². The summed E-state index contributed by atoms with van der Waals surface area (Å²) in [6, 6.07) is 19.2. The second kappa shape index (κ2) is 8.89. The molecule has 1 aliphatic rings.